The molecule has 5 aromatic rings. The Labute approximate surface area is 192 Å². The fourth-order valence-electron chi connectivity index (χ4n) is 3.95. The number of fused-ring (bicyclic) bond motifs is 1. The zero-order valence-corrected chi connectivity index (χ0v) is 18.7. The zero-order valence-electron chi connectivity index (χ0n) is 18.7. The maximum absolute atomic E-state index is 5.46. The van der Waals surface area contributed by atoms with Crippen LogP contribution in [0.25, 0.3) is 27.8 Å². The van der Waals surface area contributed by atoms with Gasteiger partial charge in [-0.2, -0.15) is 0 Å². The molecule has 2 aromatic heterocycles. The van der Waals surface area contributed by atoms with E-state index in [-0.39, 0.29) is 0 Å². The Morgan fingerprint density at radius 2 is 1.58 bits per heavy atom. The zero-order chi connectivity index (χ0) is 22.8. The lowest BCUT2D eigenvalue weighted by Gasteiger charge is -2.12. The molecule has 5 rings (SSSR count). The summed E-state index contributed by atoms with van der Waals surface area (Å²) in [4.78, 5) is 9.26. The van der Waals surface area contributed by atoms with Crippen LogP contribution in [0.15, 0.2) is 85.3 Å². The molecule has 0 saturated heterocycles. The molecule has 0 unspecified atom stereocenters. The molecular weight excluding hydrogens is 412 g/mol. The first-order chi connectivity index (χ1) is 16.2. The molecule has 0 spiro atoms. The Hall–Kier alpha value is -4.32. The predicted octanol–water partition coefficient (Wildman–Crippen LogP) is 6.16. The van der Waals surface area contributed by atoms with Crippen molar-refractivity contribution >= 4 is 22.5 Å². The average molecular weight is 437 g/mol. The van der Waals surface area contributed by atoms with Crippen LogP contribution in [0.2, 0.25) is 0 Å². The highest BCUT2D eigenvalue weighted by Crippen LogP contribution is 2.37. The van der Waals surface area contributed by atoms with Crippen LogP contribution in [0.4, 0.5) is 11.5 Å². The maximum atomic E-state index is 5.46. The molecule has 33 heavy (non-hydrogen) atoms. The standard InChI is InChI=1S/C27H24N4O2/c1-18-9-12-21(13-10-18)31-16-22(19-7-5-4-6-8-19)25-26(28-17-29-27(25)31)30-20-11-14-23(32-2)24(15-20)33-3/h4-17H,1-3H3,(H,28,29,30). The molecule has 0 aliphatic rings. The van der Waals surface area contributed by atoms with Crippen LogP contribution in [0.3, 0.4) is 0 Å². The van der Waals surface area contributed by atoms with E-state index in [4.69, 9.17) is 9.47 Å². The van der Waals surface area contributed by atoms with E-state index in [1.54, 1.807) is 20.5 Å². The van der Waals surface area contributed by atoms with Crippen molar-refractivity contribution in [2.24, 2.45) is 0 Å². The number of rotatable bonds is 6. The first-order valence-electron chi connectivity index (χ1n) is 10.7. The Morgan fingerprint density at radius 1 is 0.818 bits per heavy atom. The van der Waals surface area contributed by atoms with Gasteiger partial charge in [-0.05, 0) is 36.8 Å². The highest BCUT2D eigenvalue weighted by molar-refractivity contribution is 6.03. The molecule has 0 radical (unpaired) electrons. The second-order valence-corrected chi connectivity index (χ2v) is 7.73. The van der Waals surface area contributed by atoms with E-state index in [0.29, 0.717) is 11.5 Å². The van der Waals surface area contributed by atoms with Gasteiger partial charge < -0.3 is 19.4 Å². The third-order valence-electron chi connectivity index (χ3n) is 5.63. The number of aryl methyl sites for hydroxylation is 1. The summed E-state index contributed by atoms with van der Waals surface area (Å²) >= 11 is 0. The minimum absolute atomic E-state index is 0.647. The van der Waals surface area contributed by atoms with Crippen LogP contribution < -0.4 is 14.8 Å². The molecule has 0 aliphatic carbocycles. The minimum atomic E-state index is 0.647. The molecule has 0 fully saturated rings. The number of methoxy groups -OCH3 is 2. The molecule has 0 saturated carbocycles. The van der Waals surface area contributed by atoms with Crippen molar-refractivity contribution in [1.29, 1.82) is 0 Å². The summed E-state index contributed by atoms with van der Waals surface area (Å²) in [6.45, 7) is 2.08. The monoisotopic (exact) mass is 436 g/mol. The Kier molecular flexibility index (Phi) is 5.40. The lowest BCUT2D eigenvalue weighted by molar-refractivity contribution is 0.355. The van der Waals surface area contributed by atoms with Gasteiger partial charge in [0.25, 0.3) is 0 Å². The molecule has 0 amide bonds. The van der Waals surface area contributed by atoms with E-state index in [2.05, 4.69) is 69.4 Å². The van der Waals surface area contributed by atoms with Crippen molar-refractivity contribution in [2.75, 3.05) is 19.5 Å². The fourth-order valence-corrected chi connectivity index (χ4v) is 3.95. The predicted molar refractivity (Wildman–Crippen MR) is 132 cm³/mol. The smallest absolute Gasteiger partial charge is 0.162 e. The number of aromatic nitrogens is 3. The molecule has 2 heterocycles. The van der Waals surface area contributed by atoms with Gasteiger partial charge in [0, 0.05) is 29.2 Å². The minimum Gasteiger partial charge on any atom is -0.493 e. The molecule has 1 N–H and O–H groups in total. The third-order valence-corrected chi connectivity index (χ3v) is 5.63. The Bertz CT molecular complexity index is 1410. The summed E-state index contributed by atoms with van der Waals surface area (Å²) in [6.07, 6.45) is 3.71. The number of nitrogens with zero attached hydrogens (tertiary/aromatic N) is 3. The van der Waals surface area contributed by atoms with E-state index >= 15 is 0 Å². The largest absolute Gasteiger partial charge is 0.493 e. The molecule has 0 bridgehead atoms. The lowest BCUT2D eigenvalue weighted by Crippen LogP contribution is -1.99. The number of nitrogens with one attached hydrogen (secondary N) is 1. The number of ether oxygens (including phenoxy) is 2. The van der Waals surface area contributed by atoms with Crippen molar-refractivity contribution in [3.8, 4) is 28.3 Å². The highest BCUT2D eigenvalue weighted by atomic mass is 16.5. The molecular formula is C27H24N4O2. The lowest BCUT2D eigenvalue weighted by atomic mass is 10.1. The van der Waals surface area contributed by atoms with Gasteiger partial charge in [-0.15, -0.1) is 0 Å². The van der Waals surface area contributed by atoms with Crippen molar-refractivity contribution < 1.29 is 9.47 Å². The number of hydrogen-bond acceptors (Lipinski definition) is 5. The van der Waals surface area contributed by atoms with Gasteiger partial charge in [-0.1, -0.05) is 48.0 Å². The molecule has 0 atom stereocenters. The fraction of sp³-hybridized carbons (Fsp3) is 0.111. The molecule has 3 aromatic carbocycles. The number of anilines is 2. The molecule has 0 aliphatic heterocycles. The summed E-state index contributed by atoms with van der Waals surface area (Å²) in [6, 6.07) is 24.4. The second kappa shape index (κ2) is 8.67. The molecule has 164 valence electrons. The summed E-state index contributed by atoms with van der Waals surface area (Å²) in [5, 5.41) is 4.40. The number of benzene rings is 3. The Morgan fingerprint density at radius 3 is 2.30 bits per heavy atom. The first-order valence-corrected chi connectivity index (χ1v) is 10.7. The van der Waals surface area contributed by atoms with E-state index in [1.807, 2.05) is 36.4 Å². The van der Waals surface area contributed by atoms with Crippen LogP contribution >= 0.6 is 0 Å². The van der Waals surface area contributed by atoms with E-state index in [1.165, 1.54) is 5.56 Å². The van der Waals surface area contributed by atoms with Crippen molar-refractivity contribution in [1.82, 2.24) is 14.5 Å². The van der Waals surface area contributed by atoms with Gasteiger partial charge in [-0.25, -0.2) is 9.97 Å². The second-order valence-electron chi connectivity index (χ2n) is 7.73. The number of hydrogen-bond donors (Lipinski definition) is 1. The summed E-state index contributed by atoms with van der Waals surface area (Å²) in [7, 11) is 3.25. The van der Waals surface area contributed by atoms with Crippen molar-refractivity contribution in [3.63, 3.8) is 0 Å². The van der Waals surface area contributed by atoms with Gasteiger partial charge in [0.05, 0.1) is 19.6 Å². The Balaban J connectivity index is 1.69. The third kappa shape index (κ3) is 3.87. The quantitative estimate of drug-likeness (QED) is 0.346. The van der Waals surface area contributed by atoms with Crippen LogP contribution in [0.1, 0.15) is 5.56 Å². The summed E-state index contributed by atoms with van der Waals surface area (Å²) in [5.41, 5.74) is 6.08. The average Bonchev–Trinajstić information content (AvgIpc) is 3.26. The summed E-state index contributed by atoms with van der Waals surface area (Å²) in [5.74, 6) is 2.04. The van der Waals surface area contributed by atoms with E-state index in [0.717, 1.165) is 39.4 Å². The van der Waals surface area contributed by atoms with E-state index in [9.17, 15) is 0 Å². The van der Waals surface area contributed by atoms with Gasteiger partial charge in [0.15, 0.2) is 17.1 Å². The normalized spacial score (nSPS) is 10.9. The van der Waals surface area contributed by atoms with Gasteiger partial charge >= 0.3 is 0 Å². The van der Waals surface area contributed by atoms with Crippen LogP contribution in [-0.2, 0) is 0 Å². The van der Waals surface area contributed by atoms with Crippen molar-refractivity contribution in [2.45, 2.75) is 6.92 Å². The maximum Gasteiger partial charge on any atom is 0.162 e. The topological polar surface area (TPSA) is 61.2 Å². The highest BCUT2D eigenvalue weighted by Gasteiger charge is 2.18. The molecule has 6 nitrogen and oxygen atoms in total. The van der Waals surface area contributed by atoms with Crippen LogP contribution in [0, 0.1) is 6.92 Å². The van der Waals surface area contributed by atoms with Crippen molar-refractivity contribution in [3.05, 3.63) is 90.9 Å². The first kappa shape index (κ1) is 20.6. The van der Waals surface area contributed by atoms with Crippen LogP contribution in [-0.4, -0.2) is 28.8 Å². The van der Waals surface area contributed by atoms with Crippen LogP contribution in [0.5, 0.6) is 11.5 Å². The van der Waals surface area contributed by atoms with Gasteiger partial charge in [-0.3, -0.25) is 0 Å². The summed E-state index contributed by atoms with van der Waals surface area (Å²) < 4.78 is 12.9. The molecule has 6 heteroatoms. The van der Waals surface area contributed by atoms with Gasteiger partial charge in [0.2, 0.25) is 0 Å². The van der Waals surface area contributed by atoms with E-state index < -0.39 is 0 Å². The SMILES string of the molecule is COc1ccc(Nc2ncnc3c2c(-c2ccccc2)cn3-c2ccc(C)cc2)cc1OC. The van der Waals surface area contributed by atoms with Gasteiger partial charge in [0.1, 0.15) is 12.1 Å².